The Kier molecular flexibility index (Phi) is 7.46. The van der Waals surface area contributed by atoms with Gasteiger partial charge in [-0.3, -0.25) is 9.59 Å². The molecule has 0 bridgehead atoms. The van der Waals surface area contributed by atoms with Crippen molar-refractivity contribution in [1.82, 2.24) is 4.90 Å². The molecule has 1 heterocycles. The average molecular weight is 411 g/mol. The van der Waals surface area contributed by atoms with Gasteiger partial charge < -0.3 is 19.7 Å². The van der Waals surface area contributed by atoms with Crippen LogP contribution >= 0.6 is 0 Å². The zero-order chi connectivity index (χ0) is 21.4. The van der Waals surface area contributed by atoms with Crippen LogP contribution in [0.25, 0.3) is 0 Å². The lowest BCUT2D eigenvalue weighted by Crippen LogP contribution is -2.48. The van der Waals surface area contributed by atoms with E-state index in [1.807, 2.05) is 61.5 Å². The summed E-state index contributed by atoms with van der Waals surface area (Å²) in [6, 6.07) is 17.3. The van der Waals surface area contributed by atoms with E-state index in [2.05, 4.69) is 10.2 Å². The molecule has 6 heteroatoms. The molecule has 160 valence electrons. The van der Waals surface area contributed by atoms with Crippen LogP contribution in [0.15, 0.2) is 54.6 Å². The Morgan fingerprint density at radius 1 is 1.03 bits per heavy atom. The van der Waals surface area contributed by atoms with E-state index in [4.69, 9.17) is 9.47 Å². The lowest BCUT2D eigenvalue weighted by molar-refractivity contribution is -0.152. The summed E-state index contributed by atoms with van der Waals surface area (Å²) in [5.74, 6) is 0.445. The molecule has 1 fully saturated rings. The van der Waals surface area contributed by atoms with E-state index in [-0.39, 0.29) is 11.9 Å². The Hall–Kier alpha value is -2.86. The highest BCUT2D eigenvalue weighted by molar-refractivity contribution is 5.92. The third kappa shape index (κ3) is 5.00. The molecule has 0 aliphatic carbocycles. The van der Waals surface area contributed by atoms with Crippen LogP contribution in [0.5, 0.6) is 5.75 Å². The van der Waals surface area contributed by atoms with Crippen molar-refractivity contribution in [3.8, 4) is 5.75 Å². The highest BCUT2D eigenvalue weighted by atomic mass is 16.5. The normalized spacial score (nSPS) is 15.9. The first-order valence-corrected chi connectivity index (χ1v) is 10.5. The lowest BCUT2D eigenvalue weighted by Gasteiger charge is -2.40. The van der Waals surface area contributed by atoms with Crippen LogP contribution in [0.1, 0.15) is 31.7 Å². The highest BCUT2D eigenvalue weighted by Gasteiger charge is 2.44. The summed E-state index contributed by atoms with van der Waals surface area (Å²) in [5.41, 5.74) is 1.08. The molecular weight excluding hydrogens is 380 g/mol. The van der Waals surface area contributed by atoms with E-state index in [9.17, 15) is 9.59 Å². The maximum absolute atomic E-state index is 12.8. The van der Waals surface area contributed by atoms with Gasteiger partial charge >= 0.3 is 5.97 Å². The summed E-state index contributed by atoms with van der Waals surface area (Å²) in [7, 11) is 1.58. The molecule has 1 amide bonds. The number of hydrogen-bond donors (Lipinski definition) is 1. The molecule has 0 atom stereocenters. The molecule has 0 aromatic heterocycles. The fourth-order valence-electron chi connectivity index (χ4n) is 4.02. The number of benzene rings is 2. The van der Waals surface area contributed by atoms with Gasteiger partial charge in [-0.05, 0) is 50.6 Å². The van der Waals surface area contributed by atoms with Crippen LogP contribution in [-0.4, -0.2) is 50.1 Å². The lowest BCUT2D eigenvalue weighted by atomic mass is 9.72. The van der Waals surface area contributed by atoms with Crippen LogP contribution in [-0.2, 0) is 19.7 Å². The number of methoxy groups -OCH3 is 1. The van der Waals surface area contributed by atoms with E-state index in [0.29, 0.717) is 43.9 Å². The number of hydrogen-bond acceptors (Lipinski definition) is 5. The maximum Gasteiger partial charge on any atom is 0.316 e. The van der Waals surface area contributed by atoms with Crippen LogP contribution in [0, 0.1) is 0 Å². The Morgan fingerprint density at radius 3 is 2.37 bits per heavy atom. The SMILES string of the molecule is CCOC(=O)C1(c2ccccc2)CCN(CCC(=O)Nc2ccccc2OC)CC1. The Bertz CT molecular complexity index is 845. The molecule has 0 radical (unpaired) electrons. The number of nitrogens with zero attached hydrogens (tertiary/aromatic N) is 1. The average Bonchev–Trinajstić information content (AvgIpc) is 2.79. The van der Waals surface area contributed by atoms with E-state index < -0.39 is 5.41 Å². The molecule has 1 aliphatic rings. The first kappa shape index (κ1) is 21.8. The fraction of sp³-hybridized carbons (Fsp3) is 0.417. The number of rotatable bonds is 8. The third-order valence-corrected chi connectivity index (χ3v) is 5.74. The summed E-state index contributed by atoms with van der Waals surface area (Å²) in [5, 5.41) is 2.91. The standard InChI is InChI=1S/C24H30N2O4/c1-3-30-23(28)24(19-9-5-4-6-10-19)14-17-26(18-15-24)16-13-22(27)25-20-11-7-8-12-21(20)29-2/h4-12H,3,13-18H2,1-2H3,(H,25,27). The molecule has 2 aromatic carbocycles. The number of para-hydroxylation sites is 2. The van der Waals surface area contributed by atoms with E-state index >= 15 is 0 Å². The van der Waals surface area contributed by atoms with E-state index in [0.717, 1.165) is 18.7 Å². The predicted octanol–water partition coefficient (Wildman–Crippen LogP) is 3.62. The second-order valence-corrected chi connectivity index (χ2v) is 7.51. The highest BCUT2D eigenvalue weighted by Crippen LogP contribution is 2.37. The van der Waals surface area contributed by atoms with Crippen LogP contribution in [0.2, 0.25) is 0 Å². The summed E-state index contributed by atoms with van der Waals surface area (Å²) < 4.78 is 10.7. The molecule has 6 nitrogen and oxygen atoms in total. The van der Waals surface area contributed by atoms with Crippen molar-refractivity contribution in [2.45, 2.75) is 31.6 Å². The minimum atomic E-state index is -0.604. The number of piperidine rings is 1. The van der Waals surface area contributed by atoms with Gasteiger partial charge in [0, 0.05) is 13.0 Å². The van der Waals surface area contributed by atoms with Gasteiger partial charge in [0.25, 0.3) is 0 Å². The van der Waals surface area contributed by atoms with Crippen molar-refractivity contribution in [1.29, 1.82) is 0 Å². The predicted molar refractivity (Wildman–Crippen MR) is 117 cm³/mol. The number of anilines is 1. The Balaban J connectivity index is 1.57. The summed E-state index contributed by atoms with van der Waals surface area (Å²) >= 11 is 0. The Labute approximate surface area is 178 Å². The third-order valence-electron chi connectivity index (χ3n) is 5.74. The topological polar surface area (TPSA) is 67.9 Å². The molecule has 1 N–H and O–H groups in total. The zero-order valence-corrected chi connectivity index (χ0v) is 17.7. The first-order chi connectivity index (χ1) is 14.6. The second kappa shape index (κ2) is 10.3. The molecule has 1 saturated heterocycles. The Morgan fingerprint density at radius 2 is 1.70 bits per heavy atom. The quantitative estimate of drug-likeness (QED) is 0.673. The van der Waals surface area contributed by atoms with Gasteiger partial charge in [0.05, 0.1) is 24.8 Å². The molecule has 0 unspecified atom stereocenters. The van der Waals surface area contributed by atoms with Crippen molar-refractivity contribution in [3.05, 3.63) is 60.2 Å². The van der Waals surface area contributed by atoms with Gasteiger partial charge in [0.2, 0.25) is 5.91 Å². The van der Waals surface area contributed by atoms with Crippen molar-refractivity contribution >= 4 is 17.6 Å². The molecule has 0 saturated carbocycles. The van der Waals surface area contributed by atoms with Crippen molar-refractivity contribution in [2.75, 3.05) is 38.7 Å². The van der Waals surface area contributed by atoms with Gasteiger partial charge in [-0.2, -0.15) is 0 Å². The zero-order valence-electron chi connectivity index (χ0n) is 17.7. The van der Waals surface area contributed by atoms with Crippen molar-refractivity contribution in [2.24, 2.45) is 0 Å². The summed E-state index contributed by atoms with van der Waals surface area (Å²) in [6.45, 7) is 4.35. The first-order valence-electron chi connectivity index (χ1n) is 10.5. The van der Waals surface area contributed by atoms with E-state index in [1.54, 1.807) is 7.11 Å². The number of ether oxygens (including phenoxy) is 2. The monoisotopic (exact) mass is 410 g/mol. The van der Waals surface area contributed by atoms with Gasteiger partial charge in [0.15, 0.2) is 0 Å². The number of likely N-dealkylation sites (tertiary alicyclic amines) is 1. The van der Waals surface area contributed by atoms with Gasteiger partial charge in [-0.25, -0.2) is 0 Å². The number of carbonyl (C=O) groups excluding carboxylic acids is 2. The van der Waals surface area contributed by atoms with Gasteiger partial charge in [-0.15, -0.1) is 0 Å². The molecule has 1 aliphatic heterocycles. The van der Waals surface area contributed by atoms with Crippen LogP contribution < -0.4 is 10.1 Å². The largest absolute Gasteiger partial charge is 0.495 e. The summed E-state index contributed by atoms with van der Waals surface area (Å²) in [6.07, 6.45) is 1.75. The van der Waals surface area contributed by atoms with Crippen molar-refractivity contribution in [3.63, 3.8) is 0 Å². The molecule has 3 rings (SSSR count). The minimum Gasteiger partial charge on any atom is -0.495 e. The molecule has 30 heavy (non-hydrogen) atoms. The van der Waals surface area contributed by atoms with E-state index in [1.165, 1.54) is 0 Å². The summed E-state index contributed by atoms with van der Waals surface area (Å²) in [4.78, 5) is 27.5. The minimum absolute atomic E-state index is 0.0511. The van der Waals surface area contributed by atoms with Gasteiger partial charge in [0.1, 0.15) is 5.75 Å². The fourth-order valence-corrected chi connectivity index (χ4v) is 4.02. The number of amides is 1. The van der Waals surface area contributed by atoms with Crippen LogP contribution in [0.4, 0.5) is 5.69 Å². The maximum atomic E-state index is 12.8. The number of nitrogens with one attached hydrogen (secondary N) is 1. The molecular formula is C24H30N2O4. The van der Waals surface area contributed by atoms with Crippen molar-refractivity contribution < 1.29 is 19.1 Å². The second-order valence-electron chi connectivity index (χ2n) is 7.51. The van der Waals surface area contributed by atoms with Crippen LogP contribution in [0.3, 0.4) is 0 Å². The molecule has 0 spiro atoms. The molecule has 2 aromatic rings. The number of esters is 1. The smallest absolute Gasteiger partial charge is 0.316 e. The number of carbonyl (C=O) groups is 2. The van der Waals surface area contributed by atoms with Gasteiger partial charge in [-0.1, -0.05) is 42.5 Å².